The SMILES string of the molecule is Cc1cc(S(=O)(=O)N2CCc3ccccc32)ccc1OCC(=O)N1C[C@H](C(=O)NCCc2ccccc2)Oc2ccccc21. The maximum absolute atomic E-state index is 13.5. The summed E-state index contributed by atoms with van der Waals surface area (Å²) in [6.45, 7) is 2.31. The van der Waals surface area contributed by atoms with E-state index in [1.54, 1.807) is 43.3 Å². The molecule has 226 valence electrons. The number of aryl methyl sites for hydroxylation is 1. The average molecular weight is 612 g/mol. The number of fused-ring (bicyclic) bond motifs is 2. The number of nitrogens with zero attached hydrogens (tertiary/aromatic N) is 2. The molecule has 0 saturated heterocycles. The molecule has 0 aromatic heterocycles. The molecule has 0 fully saturated rings. The number of amides is 2. The molecule has 4 aromatic rings. The van der Waals surface area contributed by atoms with Crippen molar-refractivity contribution in [2.24, 2.45) is 0 Å². The molecule has 1 atom stereocenters. The van der Waals surface area contributed by atoms with Crippen LogP contribution in [0.25, 0.3) is 0 Å². The van der Waals surface area contributed by atoms with Gasteiger partial charge in [0.25, 0.3) is 21.8 Å². The lowest BCUT2D eigenvalue weighted by Crippen LogP contribution is -2.52. The van der Waals surface area contributed by atoms with Crippen LogP contribution in [-0.2, 0) is 32.5 Å². The van der Waals surface area contributed by atoms with Crippen molar-refractivity contribution in [1.29, 1.82) is 0 Å². The first-order valence-corrected chi connectivity index (χ1v) is 16.0. The number of hydrogen-bond donors (Lipinski definition) is 1. The summed E-state index contributed by atoms with van der Waals surface area (Å²) in [4.78, 5) is 28.1. The van der Waals surface area contributed by atoms with Crippen molar-refractivity contribution in [3.63, 3.8) is 0 Å². The van der Waals surface area contributed by atoms with Crippen LogP contribution in [0.5, 0.6) is 11.5 Å². The van der Waals surface area contributed by atoms with Crippen LogP contribution in [0.2, 0.25) is 0 Å². The number of hydrogen-bond acceptors (Lipinski definition) is 6. The van der Waals surface area contributed by atoms with E-state index in [1.165, 1.54) is 15.3 Å². The molecule has 0 aliphatic carbocycles. The zero-order chi connectivity index (χ0) is 30.7. The summed E-state index contributed by atoms with van der Waals surface area (Å²) in [6.07, 6.45) is 0.460. The molecule has 0 saturated carbocycles. The Morgan fingerprint density at radius 3 is 2.45 bits per heavy atom. The van der Waals surface area contributed by atoms with Crippen LogP contribution in [-0.4, -0.2) is 52.6 Å². The Morgan fingerprint density at radius 1 is 0.932 bits per heavy atom. The van der Waals surface area contributed by atoms with Gasteiger partial charge in [0.15, 0.2) is 12.7 Å². The first-order chi connectivity index (χ1) is 21.3. The van der Waals surface area contributed by atoms with Gasteiger partial charge in [0.05, 0.1) is 22.8 Å². The summed E-state index contributed by atoms with van der Waals surface area (Å²) >= 11 is 0. The second-order valence-electron chi connectivity index (χ2n) is 10.8. The van der Waals surface area contributed by atoms with Gasteiger partial charge < -0.3 is 19.7 Å². The van der Waals surface area contributed by atoms with E-state index in [9.17, 15) is 18.0 Å². The molecule has 2 aliphatic heterocycles. The van der Waals surface area contributed by atoms with Crippen LogP contribution in [0.4, 0.5) is 11.4 Å². The summed E-state index contributed by atoms with van der Waals surface area (Å²) in [6, 6.07) is 29.1. The fourth-order valence-corrected chi connectivity index (χ4v) is 7.13. The highest BCUT2D eigenvalue weighted by molar-refractivity contribution is 7.92. The van der Waals surface area contributed by atoms with Crippen LogP contribution in [0, 0.1) is 6.92 Å². The van der Waals surface area contributed by atoms with E-state index in [-0.39, 0.29) is 29.9 Å². The lowest BCUT2D eigenvalue weighted by molar-refractivity contribution is -0.128. The van der Waals surface area contributed by atoms with Crippen molar-refractivity contribution in [3.8, 4) is 11.5 Å². The highest BCUT2D eigenvalue weighted by Crippen LogP contribution is 2.35. The lowest BCUT2D eigenvalue weighted by Gasteiger charge is -2.34. The van der Waals surface area contributed by atoms with Crippen molar-refractivity contribution in [2.45, 2.75) is 30.8 Å². The zero-order valence-electron chi connectivity index (χ0n) is 24.3. The monoisotopic (exact) mass is 611 g/mol. The Kier molecular flexibility index (Phi) is 8.25. The van der Waals surface area contributed by atoms with E-state index >= 15 is 0 Å². The van der Waals surface area contributed by atoms with E-state index in [4.69, 9.17) is 9.47 Å². The number of carbonyl (C=O) groups excluding carboxylic acids is 2. The Hall–Kier alpha value is -4.83. The van der Waals surface area contributed by atoms with Crippen LogP contribution in [0.3, 0.4) is 0 Å². The topological polar surface area (TPSA) is 105 Å². The van der Waals surface area contributed by atoms with Gasteiger partial charge in [0, 0.05) is 13.1 Å². The summed E-state index contributed by atoms with van der Waals surface area (Å²) < 4.78 is 40.2. The number of anilines is 2. The number of nitrogens with one attached hydrogen (secondary N) is 1. The molecular weight excluding hydrogens is 578 g/mol. The van der Waals surface area contributed by atoms with E-state index in [0.29, 0.717) is 54.4 Å². The summed E-state index contributed by atoms with van der Waals surface area (Å²) in [5, 5.41) is 2.91. The van der Waals surface area contributed by atoms with Gasteiger partial charge in [0.1, 0.15) is 11.5 Å². The summed E-state index contributed by atoms with van der Waals surface area (Å²) in [5.74, 6) is 0.176. The maximum Gasteiger partial charge on any atom is 0.265 e. The van der Waals surface area contributed by atoms with Crippen LogP contribution in [0.15, 0.2) is 102 Å². The minimum atomic E-state index is -3.76. The first-order valence-electron chi connectivity index (χ1n) is 14.5. The standard InChI is InChI=1S/C34H33N3O6S/c1-24-21-27(44(40,41)37-20-18-26-11-5-6-12-28(26)37)15-16-30(24)42-23-33(38)36-22-32(43-31-14-8-7-13-29(31)36)34(39)35-19-17-25-9-3-2-4-10-25/h2-16,21,32H,17-20,22-23H2,1H3,(H,35,39)/t32-/m1/s1. The van der Waals surface area contributed by atoms with Crippen molar-refractivity contribution in [2.75, 3.05) is 35.4 Å². The number of carbonyl (C=O) groups is 2. The molecule has 10 heteroatoms. The van der Waals surface area contributed by atoms with Crippen molar-refractivity contribution >= 4 is 33.2 Å². The van der Waals surface area contributed by atoms with Gasteiger partial charge >= 0.3 is 0 Å². The molecule has 0 spiro atoms. The number of benzene rings is 4. The van der Waals surface area contributed by atoms with Gasteiger partial charge in [0.2, 0.25) is 0 Å². The van der Waals surface area contributed by atoms with Crippen LogP contribution in [0.1, 0.15) is 16.7 Å². The third kappa shape index (κ3) is 5.98. The molecule has 4 aromatic carbocycles. The molecule has 2 amide bonds. The van der Waals surface area contributed by atoms with Crippen LogP contribution >= 0.6 is 0 Å². The van der Waals surface area contributed by atoms with Gasteiger partial charge in [-0.25, -0.2) is 8.42 Å². The first kappa shape index (κ1) is 29.3. The quantitative estimate of drug-likeness (QED) is 0.303. The molecule has 1 N–H and O–H groups in total. The fraction of sp³-hybridized carbons (Fsp3) is 0.235. The minimum Gasteiger partial charge on any atom is -0.483 e. The van der Waals surface area contributed by atoms with Crippen LogP contribution < -0.4 is 24.0 Å². The number of ether oxygens (including phenoxy) is 2. The lowest BCUT2D eigenvalue weighted by atomic mass is 10.1. The summed E-state index contributed by atoms with van der Waals surface area (Å²) in [7, 11) is -3.76. The van der Waals surface area contributed by atoms with E-state index < -0.39 is 16.1 Å². The molecule has 2 aliphatic rings. The predicted molar refractivity (Wildman–Crippen MR) is 168 cm³/mol. The van der Waals surface area contributed by atoms with Gasteiger partial charge in [-0.2, -0.15) is 0 Å². The largest absolute Gasteiger partial charge is 0.483 e. The molecule has 6 rings (SSSR count). The number of sulfonamides is 1. The second-order valence-corrected chi connectivity index (χ2v) is 12.6. The van der Waals surface area contributed by atoms with Gasteiger partial charge in [-0.3, -0.25) is 13.9 Å². The number of rotatable bonds is 9. The molecule has 9 nitrogen and oxygen atoms in total. The van der Waals surface area contributed by atoms with Gasteiger partial charge in [-0.1, -0.05) is 60.7 Å². The van der Waals surface area contributed by atoms with Gasteiger partial charge in [-0.15, -0.1) is 0 Å². The normalized spacial score (nSPS) is 15.6. The van der Waals surface area contributed by atoms with Crippen molar-refractivity contribution in [3.05, 3.63) is 114 Å². The molecule has 0 bridgehead atoms. The number of para-hydroxylation sites is 3. The molecule has 2 heterocycles. The summed E-state index contributed by atoms with van der Waals surface area (Å²) in [5.41, 5.74) is 3.95. The van der Waals surface area contributed by atoms with E-state index in [1.807, 2.05) is 54.6 Å². The Balaban J connectivity index is 1.11. The second kappa shape index (κ2) is 12.4. The third-order valence-corrected chi connectivity index (χ3v) is 9.66. The Morgan fingerprint density at radius 2 is 1.66 bits per heavy atom. The Bertz CT molecular complexity index is 1790. The zero-order valence-corrected chi connectivity index (χ0v) is 25.1. The highest BCUT2D eigenvalue weighted by Gasteiger charge is 2.34. The Labute approximate surface area is 257 Å². The van der Waals surface area contributed by atoms with Crippen molar-refractivity contribution < 1.29 is 27.5 Å². The minimum absolute atomic E-state index is 0.0316. The molecule has 44 heavy (non-hydrogen) atoms. The average Bonchev–Trinajstić information content (AvgIpc) is 3.49. The van der Waals surface area contributed by atoms with E-state index in [0.717, 1.165) is 11.1 Å². The fourth-order valence-electron chi connectivity index (χ4n) is 5.54. The maximum atomic E-state index is 13.5. The third-order valence-electron chi connectivity index (χ3n) is 7.85. The molecule has 0 unspecified atom stereocenters. The smallest absolute Gasteiger partial charge is 0.265 e. The van der Waals surface area contributed by atoms with Crippen molar-refractivity contribution in [1.82, 2.24) is 5.32 Å². The van der Waals surface area contributed by atoms with Gasteiger partial charge in [-0.05, 0) is 72.9 Å². The van der Waals surface area contributed by atoms with E-state index in [2.05, 4.69) is 5.32 Å². The molecule has 0 radical (unpaired) electrons. The predicted octanol–water partition coefficient (Wildman–Crippen LogP) is 4.28. The highest BCUT2D eigenvalue weighted by atomic mass is 32.2. The molecular formula is C34H33N3O6S.